The van der Waals surface area contributed by atoms with Gasteiger partial charge in [0.15, 0.2) is 0 Å². The maximum Gasteiger partial charge on any atom is 0.410 e. The Balaban J connectivity index is 1.54. The molecule has 1 atom stereocenters. The zero-order chi connectivity index (χ0) is 24.8. The van der Waals surface area contributed by atoms with Crippen LogP contribution in [0.4, 0.5) is 4.79 Å². The number of nitrogens with zero attached hydrogens (tertiary/aromatic N) is 2. The van der Waals surface area contributed by atoms with Crippen LogP contribution in [0.25, 0.3) is 0 Å². The quantitative estimate of drug-likeness (QED) is 0.367. The second-order valence-corrected chi connectivity index (χ2v) is 10.7. The van der Waals surface area contributed by atoms with Crippen molar-refractivity contribution >= 4 is 17.7 Å². The molecular formula is C30H35ClN2O2. The minimum Gasteiger partial charge on any atom is -0.444 e. The summed E-state index contributed by atoms with van der Waals surface area (Å²) < 4.78 is 5.76. The molecule has 1 amide bonds. The molecule has 0 aliphatic carbocycles. The summed E-state index contributed by atoms with van der Waals surface area (Å²) in [5, 5.41) is 0.818. The van der Waals surface area contributed by atoms with Gasteiger partial charge in [0.2, 0.25) is 0 Å². The Bertz CT molecular complexity index is 1110. The fourth-order valence-corrected chi connectivity index (χ4v) is 4.90. The topological polar surface area (TPSA) is 32.8 Å². The van der Waals surface area contributed by atoms with Gasteiger partial charge >= 0.3 is 6.09 Å². The van der Waals surface area contributed by atoms with Gasteiger partial charge in [-0.25, -0.2) is 4.79 Å². The zero-order valence-electron chi connectivity index (χ0n) is 20.9. The van der Waals surface area contributed by atoms with Crippen molar-refractivity contribution in [3.63, 3.8) is 0 Å². The van der Waals surface area contributed by atoms with Crippen molar-refractivity contribution < 1.29 is 9.53 Å². The molecule has 35 heavy (non-hydrogen) atoms. The van der Waals surface area contributed by atoms with E-state index in [2.05, 4.69) is 41.3 Å². The lowest BCUT2D eigenvalue weighted by molar-refractivity contribution is 0.0198. The Morgan fingerprint density at radius 3 is 2.29 bits per heavy atom. The number of rotatable bonds is 7. The Hall–Kier alpha value is -2.82. The molecular weight excluding hydrogens is 456 g/mol. The van der Waals surface area contributed by atoms with Crippen LogP contribution < -0.4 is 0 Å². The molecule has 1 aliphatic rings. The minimum atomic E-state index is -0.542. The van der Waals surface area contributed by atoms with Gasteiger partial charge in [-0.2, -0.15) is 0 Å². The molecule has 0 spiro atoms. The van der Waals surface area contributed by atoms with Crippen LogP contribution >= 0.6 is 11.6 Å². The largest absolute Gasteiger partial charge is 0.444 e. The molecule has 0 fully saturated rings. The molecule has 1 heterocycles. The average Bonchev–Trinajstić information content (AvgIpc) is 2.82. The standard InChI is InChI=1S/C30H35ClN2O2/c1-30(2,3)35-29(34)33(21-24-13-8-5-9-14-24)18-17-32-22-27-25(15-10-16-28(27)31)20-26(32)19-23-11-6-4-7-12-23/h4-16,26H,17-22H2,1-3H3. The monoisotopic (exact) mass is 490 g/mol. The number of carbonyl (C=O) groups is 1. The molecule has 0 bridgehead atoms. The van der Waals surface area contributed by atoms with E-state index in [0.29, 0.717) is 19.1 Å². The van der Waals surface area contributed by atoms with Crippen LogP contribution in [0.5, 0.6) is 0 Å². The molecule has 0 saturated heterocycles. The molecule has 3 aromatic carbocycles. The Labute approximate surface area is 214 Å². The van der Waals surface area contributed by atoms with Crippen LogP contribution in [0.1, 0.15) is 43.0 Å². The van der Waals surface area contributed by atoms with E-state index in [-0.39, 0.29) is 6.09 Å². The van der Waals surface area contributed by atoms with Crippen LogP contribution in [0.2, 0.25) is 5.02 Å². The van der Waals surface area contributed by atoms with E-state index < -0.39 is 5.60 Å². The van der Waals surface area contributed by atoms with Crippen LogP contribution in [-0.4, -0.2) is 40.6 Å². The van der Waals surface area contributed by atoms with Crippen LogP contribution in [0.15, 0.2) is 78.9 Å². The first-order valence-electron chi connectivity index (χ1n) is 12.3. The first-order valence-corrected chi connectivity index (χ1v) is 12.7. The highest BCUT2D eigenvalue weighted by atomic mass is 35.5. The van der Waals surface area contributed by atoms with Crippen LogP contribution in [0, 0.1) is 0 Å². The van der Waals surface area contributed by atoms with E-state index >= 15 is 0 Å². The summed E-state index contributed by atoms with van der Waals surface area (Å²) in [6.45, 7) is 8.34. The van der Waals surface area contributed by atoms with Gasteiger partial charge in [0.1, 0.15) is 5.60 Å². The van der Waals surface area contributed by atoms with Crippen molar-refractivity contribution in [2.45, 2.75) is 58.3 Å². The highest BCUT2D eigenvalue weighted by Crippen LogP contribution is 2.30. The average molecular weight is 491 g/mol. The molecule has 3 aromatic rings. The second-order valence-electron chi connectivity index (χ2n) is 10.3. The molecule has 4 rings (SSSR count). The van der Waals surface area contributed by atoms with E-state index in [1.54, 1.807) is 0 Å². The molecule has 0 saturated carbocycles. The van der Waals surface area contributed by atoms with Crippen molar-refractivity contribution in [2.75, 3.05) is 13.1 Å². The smallest absolute Gasteiger partial charge is 0.410 e. The fraction of sp³-hybridized carbons (Fsp3) is 0.367. The van der Waals surface area contributed by atoms with Crippen molar-refractivity contribution in [3.8, 4) is 0 Å². The number of amides is 1. The van der Waals surface area contributed by atoms with Gasteiger partial charge in [-0.15, -0.1) is 0 Å². The number of carbonyl (C=O) groups excluding carboxylic acids is 1. The van der Waals surface area contributed by atoms with Crippen molar-refractivity contribution in [1.29, 1.82) is 0 Å². The first kappa shape index (κ1) is 25.3. The summed E-state index contributed by atoms with van der Waals surface area (Å²) in [7, 11) is 0. The molecule has 0 radical (unpaired) electrons. The maximum atomic E-state index is 13.1. The Morgan fingerprint density at radius 1 is 0.971 bits per heavy atom. The summed E-state index contributed by atoms with van der Waals surface area (Å²) in [5.74, 6) is 0. The first-order chi connectivity index (χ1) is 16.8. The lowest BCUT2D eigenvalue weighted by atomic mass is 9.90. The van der Waals surface area contributed by atoms with Crippen LogP contribution in [-0.2, 0) is 30.7 Å². The zero-order valence-corrected chi connectivity index (χ0v) is 21.7. The third-order valence-corrected chi connectivity index (χ3v) is 6.74. The molecule has 5 heteroatoms. The molecule has 4 nitrogen and oxygen atoms in total. The van der Waals surface area contributed by atoms with Gasteiger partial charge < -0.3 is 9.64 Å². The molecule has 1 aliphatic heterocycles. The number of hydrogen-bond acceptors (Lipinski definition) is 3. The van der Waals surface area contributed by atoms with E-state index in [1.165, 1.54) is 16.7 Å². The highest BCUT2D eigenvalue weighted by Gasteiger charge is 2.29. The summed E-state index contributed by atoms with van der Waals surface area (Å²) in [4.78, 5) is 17.4. The lowest BCUT2D eigenvalue weighted by Gasteiger charge is -2.39. The fourth-order valence-electron chi connectivity index (χ4n) is 4.65. The summed E-state index contributed by atoms with van der Waals surface area (Å²) in [6.07, 6.45) is 1.62. The summed E-state index contributed by atoms with van der Waals surface area (Å²) in [5.41, 5.74) is 4.39. The maximum absolute atomic E-state index is 13.1. The summed E-state index contributed by atoms with van der Waals surface area (Å²) in [6, 6.07) is 27.3. The van der Waals surface area contributed by atoms with Gasteiger partial charge in [0.05, 0.1) is 0 Å². The number of hydrogen-bond donors (Lipinski definition) is 0. The third-order valence-electron chi connectivity index (χ3n) is 6.39. The second kappa shape index (κ2) is 11.3. The molecule has 184 valence electrons. The third kappa shape index (κ3) is 7.09. The Kier molecular flexibility index (Phi) is 8.15. The van der Waals surface area contributed by atoms with E-state index in [4.69, 9.17) is 16.3 Å². The van der Waals surface area contributed by atoms with Gasteiger partial charge in [-0.05, 0) is 61.9 Å². The normalized spacial score (nSPS) is 15.9. The van der Waals surface area contributed by atoms with Crippen molar-refractivity contribution in [2.24, 2.45) is 0 Å². The number of ether oxygens (including phenoxy) is 1. The molecule has 0 aromatic heterocycles. The van der Waals surface area contributed by atoms with Gasteiger partial charge in [0.25, 0.3) is 0 Å². The van der Waals surface area contributed by atoms with E-state index in [1.807, 2.05) is 68.1 Å². The number of benzene rings is 3. The number of fused-ring (bicyclic) bond motifs is 1. The SMILES string of the molecule is CC(C)(C)OC(=O)N(CCN1Cc2c(Cl)cccc2CC1Cc1ccccc1)Cc1ccccc1. The minimum absolute atomic E-state index is 0.281. The number of halogens is 1. The Morgan fingerprint density at radius 2 is 1.63 bits per heavy atom. The summed E-state index contributed by atoms with van der Waals surface area (Å²) >= 11 is 6.60. The lowest BCUT2D eigenvalue weighted by Crippen LogP contribution is -2.47. The van der Waals surface area contributed by atoms with Crippen molar-refractivity contribution in [1.82, 2.24) is 9.80 Å². The van der Waals surface area contributed by atoms with Gasteiger partial charge in [0, 0.05) is 37.2 Å². The van der Waals surface area contributed by atoms with E-state index in [9.17, 15) is 4.79 Å². The van der Waals surface area contributed by atoms with Gasteiger partial charge in [-0.1, -0.05) is 84.4 Å². The van der Waals surface area contributed by atoms with Crippen LogP contribution in [0.3, 0.4) is 0 Å². The highest BCUT2D eigenvalue weighted by molar-refractivity contribution is 6.31. The predicted octanol–water partition coefficient (Wildman–Crippen LogP) is 6.75. The van der Waals surface area contributed by atoms with E-state index in [0.717, 1.165) is 36.5 Å². The predicted molar refractivity (Wildman–Crippen MR) is 143 cm³/mol. The van der Waals surface area contributed by atoms with Gasteiger partial charge in [-0.3, -0.25) is 4.90 Å². The molecule has 1 unspecified atom stereocenters. The molecule has 0 N–H and O–H groups in total. The van der Waals surface area contributed by atoms with Crippen molar-refractivity contribution in [3.05, 3.63) is 106 Å².